The number of β-amino-alcohol motifs (C(OH)–C–C–N with tert-alkyl or cyclic N) is 1. The molecule has 0 spiro atoms. The number of hydrogen-bond donors (Lipinski definition) is 4. The molecule has 0 amide bonds. The van der Waals surface area contributed by atoms with Crippen LogP contribution in [0.2, 0.25) is 0 Å². The quantitative estimate of drug-likeness (QED) is 0.579. The van der Waals surface area contributed by atoms with Crippen molar-refractivity contribution in [3.05, 3.63) is 36.1 Å². The molecular formula is C21H31NO7. The van der Waals surface area contributed by atoms with Gasteiger partial charge in [0.05, 0.1) is 31.5 Å². The predicted molar refractivity (Wildman–Crippen MR) is 106 cm³/mol. The summed E-state index contributed by atoms with van der Waals surface area (Å²) in [5, 5.41) is 42.4. The summed E-state index contributed by atoms with van der Waals surface area (Å²) in [7, 11) is 1.46. The summed E-state index contributed by atoms with van der Waals surface area (Å²) in [6.45, 7) is 1.06. The van der Waals surface area contributed by atoms with Gasteiger partial charge in [0.1, 0.15) is 23.6 Å². The maximum atomic E-state index is 10.5. The summed E-state index contributed by atoms with van der Waals surface area (Å²) in [5.41, 5.74) is 0.768. The van der Waals surface area contributed by atoms with Gasteiger partial charge in [0.2, 0.25) is 0 Å². The van der Waals surface area contributed by atoms with Crippen LogP contribution >= 0.6 is 0 Å². The fourth-order valence-corrected chi connectivity index (χ4v) is 3.64. The summed E-state index contributed by atoms with van der Waals surface area (Å²) in [6, 6.07) is 9.60. The van der Waals surface area contributed by atoms with Crippen molar-refractivity contribution in [1.29, 1.82) is 0 Å². The Labute approximate surface area is 170 Å². The number of benzene rings is 1. The number of aliphatic hydroxyl groups is 4. The molecule has 29 heavy (non-hydrogen) atoms. The molecule has 1 aromatic carbocycles. The van der Waals surface area contributed by atoms with Crippen LogP contribution in [0.4, 0.5) is 0 Å². The van der Waals surface area contributed by atoms with Crippen molar-refractivity contribution >= 4 is 11.0 Å². The van der Waals surface area contributed by atoms with E-state index < -0.39 is 30.5 Å². The third kappa shape index (κ3) is 5.99. The smallest absolute Gasteiger partial charge is 0.134 e. The van der Waals surface area contributed by atoms with Crippen molar-refractivity contribution in [3.63, 3.8) is 0 Å². The maximum absolute atomic E-state index is 10.5. The zero-order valence-electron chi connectivity index (χ0n) is 16.7. The fraction of sp³-hybridized carbons (Fsp3) is 0.619. The average molecular weight is 409 g/mol. The molecule has 1 aliphatic rings. The van der Waals surface area contributed by atoms with E-state index in [0.717, 1.165) is 11.0 Å². The summed E-state index contributed by atoms with van der Waals surface area (Å²) in [5.74, 6) is 0.699. The minimum Gasteiger partial charge on any atom is -0.460 e. The lowest BCUT2D eigenvalue weighted by Crippen LogP contribution is -2.49. The molecule has 0 radical (unpaired) electrons. The Bertz CT molecular complexity index is 718. The van der Waals surface area contributed by atoms with E-state index in [1.54, 1.807) is 0 Å². The molecule has 0 aliphatic carbocycles. The van der Waals surface area contributed by atoms with Crippen LogP contribution in [0, 0.1) is 0 Å². The van der Waals surface area contributed by atoms with E-state index >= 15 is 0 Å². The predicted octanol–water partition coefficient (Wildman–Crippen LogP) is 0.504. The minimum absolute atomic E-state index is 0.0246. The zero-order chi connectivity index (χ0) is 20.8. The first-order chi connectivity index (χ1) is 14.0. The normalized spacial score (nSPS) is 31.1. The van der Waals surface area contributed by atoms with Gasteiger partial charge in [-0.05, 0) is 25.0 Å². The van der Waals surface area contributed by atoms with Crippen LogP contribution in [-0.2, 0) is 16.0 Å². The molecule has 1 saturated heterocycles. The number of aliphatic hydroxyl groups excluding tert-OH is 4. The first kappa shape index (κ1) is 22.2. The summed E-state index contributed by atoms with van der Waals surface area (Å²) < 4.78 is 16.7. The topological polar surface area (TPSA) is 116 Å². The van der Waals surface area contributed by atoms with Crippen LogP contribution in [0.1, 0.15) is 18.6 Å². The molecule has 3 rings (SSSR count). The number of para-hydroxylation sites is 1. The molecule has 1 aromatic heterocycles. The van der Waals surface area contributed by atoms with Crippen LogP contribution in [0.25, 0.3) is 11.0 Å². The van der Waals surface area contributed by atoms with E-state index in [1.165, 1.54) is 7.11 Å². The Morgan fingerprint density at radius 2 is 1.86 bits per heavy atom. The molecule has 2 heterocycles. The molecule has 4 N–H and O–H groups in total. The number of nitrogens with zero attached hydrogens (tertiary/aromatic N) is 1. The van der Waals surface area contributed by atoms with Gasteiger partial charge in [0, 0.05) is 32.2 Å². The second-order valence-electron chi connectivity index (χ2n) is 7.63. The summed E-state index contributed by atoms with van der Waals surface area (Å²) in [6.07, 6.45) is -3.90. The highest BCUT2D eigenvalue weighted by atomic mass is 16.5. The van der Waals surface area contributed by atoms with Crippen molar-refractivity contribution in [2.24, 2.45) is 0 Å². The molecule has 1 fully saturated rings. The Morgan fingerprint density at radius 3 is 2.62 bits per heavy atom. The van der Waals surface area contributed by atoms with Gasteiger partial charge in [0.25, 0.3) is 0 Å². The van der Waals surface area contributed by atoms with Crippen LogP contribution in [0.15, 0.2) is 34.7 Å². The molecule has 8 heteroatoms. The van der Waals surface area contributed by atoms with E-state index in [2.05, 4.69) is 0 Å². The molecule has 1 aliphatic heterocycles. The first-order valence-electron chi connectivity index (χ1n) is 10.0. The van der Waals surface area contributed by atoms with Gasteiger partial charge in [-0.1, -0.05) is 18.2 Å². The van der Waals surface area contributed by atoms with Crippen molar-refractivity contribution < 1.29 is 34.3 Å². The lowest BCUT2D eigenvalue weighted by atomic mass is 10.1. The molecule has 0 bridgehead atoms. The second kappa shape index (κ2) is 10.5. The van der Waals surface area contributed by atoms with Gasteiger partial charge in [0.15, 0.2) is 0 Å². The molecular weight excluding hydrogens is 378 g/mol. The van der Waals surface area contributed by atoms with Gasteiger partial charge in [-0.2, -0.15) is 0 Å². The van der Waals surface area contributed by atoms with Crippen molar-refractivity contribution in [2.45, 2.75) is 49.9 Å². The van der Waals surface area contributed by atoms with Crippen molar-refractivity contribution in [3.8, 4) is 0 Å². The Balaban J connectivity index is 1.80. The van der Waals surface area contributed by atoms with Crippen LogP contribution in [0.3, 0.4) is 0 Å². The van der Waals surface area contributed by atoms with E-state index in [9.17, 15) is 20.4 Å². The van der Waals surface area contributed by atoms with Crippen LogP contribution in [-0.4, -0.2) is 89.3 Å². The van der Waals surface area contributed by atoms with E-state index in [1.807, 2.05) is 35.2 Å². The average Bonchev–Trinajstić information content (AvgIpc) is 3.12. The third-order valence-corrected chi connectivity index (χ3v) is 5.34. The standard InChI is InChI=1S/C21H31NO7/c1-27-20-12-22(10-15-9-14-5-2-3-7-19(14)29-15)11-17(24)16(23)6-4-8-28-13-18(25)21(20)26/h2-3,5,7,9,16-18,20-21,23-26H,4,6,8,10-13H2,1H3/t16-,17-,18-,20-,21-/m1/s1. The van der Waals surface area contributed by atoms with Gasteiger partial charge in [-0.3, -0.25) is 4.90 Å². The number of furan rings is 1. The SMILES string of the molecule is CO[C@@H]1CN(Cc2cc3ccccc3o2)C[C@@H](O)[C@H](O)CCCOC[C@@H](O)[C@H]1O. The van der Waals surface area contributed by atoms with Crippen molar-refractivity contribution in [2.75, 3.05) is 33.4 Å². The first-order valence-corrected chi connectivity index (χ1v) is 10.0. The Hall–Kier alpha value is -1.52. The largest absolute Gasteiger partial charge is 0.460 e. The van der Waals surface area contributed by atoms with E-state index in [4.69, 9.17) is 13.9 Å². The zero-order valence-corrected chi connectivity index (χ0v) is 16.7. The lowest BCUT2D eigenvalue weighted by molar-refractivity contribution is -0.108. The van der Waals surface area contributed by atoms with Gasteiger partial charge in [-0.25, -0.2) is 0 Å². The molecule has 8 nitrogen and oxygen atoms in total. The highest BCUT2D eigenvalue weighted by Gasteiger charge is 2.30. The molecule has 5 atom stereocenters. The monoisotopic (exact) mass is 409 g/mol. The van der Waals surface area contributed by atoms with Crippen molar-refractivity contribution in [1.82, 2.24) is 4.90 Å². The van der Waals surface area contributed by atoms with Gasteiger partial charge in [-0.15, -0.1) is 0 Å². The number of fused-ring (bicyclic) bond motifs is 1. The Morgan fingerprint density at radius 1 is 1.07 bits per heavy atom. The van der Waals surface area contributed by atoms with E-state index in [0.29, 0.717) is 31.8 Å². The highest BCUT2D eigenvalue weighted by Crippen LogP contribution is 2.21. The van der Waals surface area contributed by atoms with Crippen LogP contribution < -0.4 is 0 Å². The van der Waals surface area contributed by atoms with Gasteiger partial charge < -0.3 is 34.3 Å². The number of methoxy groups -OCH3 is 1. The van der Waals surface area contributed by atoms with Gasteiger partial charge >= 0.3 is 0 Å². The minimum atomic E-state index is -1.15. The molecule has 162 valence electrons. The lowest BCUT2D eigenvalue weighted by Gasteiger charge is -2.32. The summed E-state index contributed by atoms with van der Waals surface area (Å²) >= 11 is 0. The maximum Gasteiger partial charge on any atom is 0.134 e. The van der Waals surface area contributed by atoms with Crippen LogP contribution in [0.5, 0.6) is 0 Å². The number of hydrogen-bond acceptors (Lipinski definition) is 8. The fourth-order valence-electron chi connectivity index (χ4n) is 3.64. The molecule has 2 aromatic rings. The molecule has 0 unspecified atom stereocenters. The number of rotatable bonds is 3. The van der Waals surface area contributed by atoms with E-state index in [-0.39, 0.29) is 19.7 Å². The third-order valence-electron chi connectivity index (χ3n) is 5.34. The molecule has 0 saturated carbocycles. The number of ether oxygens (including phenoxy) is 2. The summed E-state index contributed by atoms with van der Waals surface area (Å²) in [4.78, 5) is 1.86. The highest BCUT2D eigenvalue weighted by molar-refractivity contribution is 5.77. The Kier molecular flexibility index (Phi) is 8.02. The second-order valence-corrected chi connectivity index (χ2v) is 7.63.